The SMILES string of the molecule is COC(=O)CC1C=C(c2ccccc2)CN1S(=O)(=O)c1ccc(C)cc1. The molecule has 0 amide bonds. The molecule has 1 heterocycles. The predicted molar refractivity (Wildman–Crippen MR) is 99.9 cm³/mol. The zero-order chi connectivity index (χ0) is 18.7. The average molecular weight is 371 g/mol. The normalized spacial score (nSPS) is 17.8. The van der Waals surface area contributed by atoms with Gasteiger partial charge in [0.15, 0.2) is 0 Å². The van der Waals surface area contributed by atoms with E-state index in [0.29, 0.717) is 0 Å². The van der Waals surface area contributed by atoms with Gasteiger partial charge in [0.25, 0.3) is 0 Å². The second-order valence-electron chi connectivity index (χ2n) is 6.27. The molecule has 3 rings (SSSR count). The minimum Gasteiger partial charge on any atom is -0.469 e. The number of sulfonamides is 1. The van der Waals surface area contributed by atoms with E-state index in [1.54, 1.807) is 24.3 Å². The maximum absolute atomic E-state index is 13.1. The summed E-state index contributed by atoms with van der Waals surface area (Å²) < 4.78 is 32.4. The van der Waals surface area contributed by atoms with Crippen molar-refractivity contribution >= 4 is 21.6 Å². The Labute approximate surface area is 154 Å². The molecule has 0 bridgehead atoms. The number of nitrogens with zero attached hydrogens (tertiary/aromatic N) is 1. The number of aryl methyl sites for hydroxylation is 1. The number of methoxy groups -OCH3 is 1. The summed E-state index contributed by atoms with van der Waals surface area (Å²) in [7, 11) is -2.42. The minimum atomic E-state index is -3.73. The third-order valence-corrected chi connectivity index (χ3v) is 6.35. The van der Waals surface area contributed by atoms with Crippen molar-refractivity contribution in [2.75, 3.05) is 13.7 Å². The van der Waals surface area contributed by atoms with Gasteiger partial charge in [0.05, 0.1) is 24.5 Å². The third kappa shape index (κ3) is 3.71. The molecule has 0 aliphatic carbocycles. The summed E-state index contributed by atoms with van der Waals surface area (Å²) in [6, 6.07) is 15.8. The van der Waals surface area contributed by atoms with Crippen molar-refractivity contribution in [2.45, 2.75) is 24.3 Å². The zero-order valence-electron chi connectivity index (χ0n) is 14.8. The van der Waals surface area contributed by atoms with Gasteiger partial charge in [-0.1, -0.05) is 54.1 Å². The van der Waals surface area contributed by atoms with Crippen LogP contribution in [0.25, 0.3) is 5.57 Å². The molecule has 136 valence electrons. The molecule has 2 aromatic carbocycles. The largest absolute Gasteiger partial charge is 0.469 e. The molecule has 0 aromatic heterocycles. The van der Waals surface area contributed by atoms with E-state index >= 15 is 0 Å². The van der Waals surface area contributed by atoms with Gasteiger partial charge in [0.2, 0.25) is 10.0 Å². The summed E-state index contributed by atoms with van der Waals surface area (Å²) in [4.78, 5) is 12.0. The van der Waals surface area contributed by atoms with Gasteiger partial charge in [-0.2, -0.15) is 4.31 Å². The lowest BCUT2D eigenvalue weighted by Crippen LogP contribution is -2.37. The predicted octanol–water partition coefficient (Wildman–Crippen LogP) is 3.01. The van der Waals surface area contributed by atoms with Crippen LogP contribution in [0.1, 0.15) is 17.5 Å². The molecule has 1 aliphatic rings. The molecule has 2 aromatic rings. The first-order chi connectivity index (χ1) is 12.4. The Kier molecular flexibility index (Phi) is 5.25. The van der Waals surface area contributed by atoms with Crippen molar-refractivity contribution in [1.29, 1.82) is 0 Å². The fourth-order valence-corrected chi connectivity index (χ4v) is 4.57. The number of carbonyl (C=O) groups is 1. The number of carbonyl (C=O) groups excluding carboxylic acids is 1. The first kappa shape index (κ1) is 18.4. The van der Waals surface area contributed by atoms with E-state index < -0.39 is 22.0 Å². The molecule has 1 atom stereocenters. The molecule has 0 fully saturated rings. The average Bonchev–Trinajstić information content (AvgIpc) is 3.07. The van der Waals surface area contributed by atoms with Gasteiger partial charge in [0.1, 0.15) is 0 Å². The summed E-state index contributed by atoms with van der Waals surface area (Å²) >= 11 is 0. The lowest BCUT2D eigenvalue weighted by Gasteiger charge is -2.23. The number of hydrogen-bond donors (Lipinski definition) is 0. The highest BCUT2D eigenvalue weighted by atomic mass is 32.2. The molecule has 1 unspecified atom stereocenters. The van der Waals surface area contributed by atoms with Gasteiger partial charge >= 0.3 is 5.97 Å². The fraction of sp³-hybridized carbons (Fsp3) is 0.250. The van der Waals surface area contributed by atoms with E-state index in [2.05, 4.69) is 0 Å². The van der Waals surface area contributed by atoms with Crippen molar-refractivity contribution in [3.8, 4) is 0 Å². The smallest absolute Gasteiger partial charge is 0.307 e. The Morgan fingerprint density at radius 3 is 2.38 bits per heavy atom. The van der Waals surface area contributed by atoms with Crippen LogP contribution in [0.4, 0.5) is 0 Å². The van der Waals surface area contributed by atoms with E-state index in [4.69, 9.17) is 4.74 Å². The van der Waals surface area contributed by atoms with Crippen molar-refractivity contribution in [3.05, 3.63) is 71.8 Å². The van der Waals surface area contributed by atoms with Crippen LogP contribution in [0.2, 0.25) is 0 Å². The van der Waals surface area contributed by atoms with Crippen LogP contribution in [0, 0.1) is 6.92 Å². The number of benzene rings is 2. The highest BCUT2D eigenvalue weighted by Crippen LogP contribution is 2.32. The standard InChI is InChI=1S/C20H21NO4S/c1-15-8-10-19(11-9-15)26(23,24)21-14-17(16-6-4-3-5-7-16)12-18(21)13-20(22)25-2/h3-12,18H,13-14H2,1-2H3. The van der Waals surface area contributed by atoms with E-state index in [9.17, 15) is 13.2 Å². The van der Waals surface area contributed by atoms with Crippen molar-refractivity contribution in [1.82, 2.24) is 4.31 Å². The Balaban J connectivity index is 1.96. The number of hydrogen-bond acceptors (Lipinski definition) is 4. The van der Waals surface area contributed by atoms with E-state index in [-0.39, 0.29) is 17.9 Å². The van der Waals surface area contributed by atoms with Crippen molar-refractivity contribution in [3.63, 3.8) is 0 Å². The Morgan fingerprint density at radius 2 is 1.77 bits per heavy atom. The number of esters is 1. The molecule has 5 nitrogen and oxygen atoms in total. The van der Waals surface area contributed by atoms with E-state index in [0.717, 1.165) is 16.7 Å². The van der Waals surface area contributed by atoms with Crippen molar-refractivity contribution in [2.24, 2.45) is 0 Å². The molecule has 0 radical (unpaired) electrons. The quantitative estimate of drug-likeness (QED) is 0.758. The summed E-state index contributed by atoms with van der Waals surface area (Å²) in [6.45, 7) is 2.13. The first-order valence-corrected chi connectivity index (χ1v) is 9.77. The summed E-state index contributed by atoms with van der Waals surface area (Å²) in [6.07, 6.45) is 1.83. The van der Waals surface area contributed by atoms with Gasteiger partial charge in [-0.25, -0.2) is 8.42 Å². The first-order valence-electron chi connectivity index (χ1n) is 8.33. The third-order valence-electron chi connectivity index (χ3n) is 4.47. The van der Waals surface area contributed by atoms with Crippen LogP contribution in [0.3, 0.4) is 0 Å². The van der Waals surface area contributed by atoms with Crippen LogP contribution in [0.5, 0.6) is 0 Å². The van der Waals surface area contributed by atoms with Crippen LogP contribution >= 0.6 is 0 Å². The van der Waals surface area contributed by atoms with Crippen LogP contribution in [0.15, 0.2) is 65.6 Å². The Hall–Kier alpha value is -2.44. The monoisotopic (exact) mass is 371 g/mol. The molecule has 0 saturated carbocycles. The minimum absolute atomic E-state index is 0.0159. The van der Waals surface area contributed by atoms with E-state index in [1.807, 2.05) is 43.3 Å². The topological polar surface area (TPSA) is 63.7 Å². The molecule has 26 heavy (non-hydrogen) atoms. The summed E-state index contributed by atoms with van der Waals surface area (Å²) in [5.74, 6) is -0.440. The van der Waals surface area contributed by atoms with Crippen LogP contribution in [-0.4, -0.2) is 38.4 Å². The highest BCUT2D eigenvalue weighted by molar-refractivity contribution is 7.89. The maximum atomic E-state index is 13.1. The Bertz CT molecular complexity index is 918. The second-order valence-corrected chi connectivity index (χ2v) is 8.16. The molecule has 1 aliphatic heterocycles. The van der Waals surface area contributed by atoms with Gasteiger partial charge in [-0.05, 0) is 30.2 Å². The molecular weight excluding hydrogens is 350 g/mol. The van der Waals surface area contributed by atoms with E-state index in [1.165, 1.54) is 11.4 Å². The number of rotatable bonds is 5. The van der Waals surface area contributed by atoms with Crippen molar-refractivity contribution < 1.29 is 17.9 Å². The lowest BCUT2D eigenvalue weighted by molar-refractivity contribution is -0.141. The highest BCUT2D eigenvalue weighted by Gasteiger charge is 2.37. The van der Waals surface area contributed by atoms with Gasteiger partial charge in [0, 0.05) is 6.54 Å². The maximum Gasteiger partial charge on any atom is 0.307 e. The summed E-state index contributed by atoms with van der Waals surface area (Å²) in [5, 5.41) is 0. The fourth-order valence-electron chi connectivity index (χ4n) is 3.02. The molecule has 0 spiro atoms. The molecular formula is C20H21NO4S. The van der Waals surface area contributed by atoms with Crippen LogP contribution in [-0.2, 0) is 19.6 Å². The van der Waals surface area contributed by atoms with Crippen LogP contribution < -0.4 is 0 Å². The van der Waals surface area contributed by atoms with Gasteiger partial charge < -0.3 is 4.74 Å². The second kappa shape index (κ2) is 7.43. The molecule has 0 N–H and O–H groups in total. The number of ether oxygens (including phenoxy) is 1. The summed E-state index contributed by atoms with van der Waals surface area (Å²) in [5.41, 5.74) is 2.82. The Morgan fingerprint density at radius 1 is 1.12 bits per heavy atom. The zero-order valence-corrected chi connectivity index (χ0v) is 15.6. The molecule has 0 saturated heterocycles. The van der Waals surface area contributed by atoms with Gasteiger partial charge in [-0.3, -0.25) is 4.79 Å². The molecule has 6 heteroatoms. The lowest BCUT2D eigenvalue weighted by atomic mass is 10.1. The van der Waals surface area contributed by atoms with Gasteiger partial charge in [-0.15, -0.1) is 0 Å².